The Bertz CT molecular complexity index is 4290. The minimum absolute atomic E-state index is 0.606. The molecule has 14 rings (SSSR count). The Morgan fingerprint density at radius 3 is 1.24 bits per heavy atom. The van der Waals surface area contributed by atoms with Crippen molar-refractivity contribution in [3.05, 3.63) is 249 Å². The second-order valence-corrected chi connectivity index (χ2v) is 18.3. The van der Waals surface area contributed by atoms with Crippen molar-refractivity contribution in [2.24, 2.45) is 0 Å². The van der Waals surface area contributed by atoms with E-state index in [1.165, 1.54) is 10.8 Å². The maximum atomic E-state index is 6.57. The molecule has 0 fully saturated rings. The van der Waals surface area contributed by atoms with E-state index in [-0.39, 0.29) is 0 Å². The highest BCUT2D eigenvalue weighted by Gasteiger charge is 2.19. The number of para-hydroxylation sites is 1. The summed E-state index contributed by atoms with van der Waals surface area (Å²) < 4.78 is 8.91. The maximum Gasteiger partial charge on any atom is 0.164 e. The number of aromatic nitrogens is 7. The van der Waals surface area contributed by atoms with Gasteiger partial charge in [-0.3, -0.25) is 0 Å². The third-order valence-corrected chi connectivity index (χ3v) is 13.7. The number of furan rings is 1. The molecule has 14 aromatic rings. The van der Waals surface area contributed by atoms with Gasteiger partial charge in [0.25, 0.3) is 0 Å². The Kier molecular flexibility index (Phi) is 11.8. The molecule has 0 amide bonds. The second-order valence-electron chi connectivity index (χ2n) is 18.3. The fourth-order valence-electron chi connectivity index (χ4n) is 10.1. The van der Waals surface area contributed by atoms with E-state index in [4.69, 9.17) is 34.3 Å². The van der Waals surface area contributed by atoms with Crippen LogP contribution in [0.4, 0.5) is 0 Å². The van der Waals surface area contributed by atoms with E-state index >= 15 is 0 Å². The van der Waals surface area contributed by atoms with E-state index in [2.05, 4.69) is 126 Å². The zero-order valence-electron chi connectivity index (χ0n) is 41.7. The first-order chi connectivity index (χ1) is 37.6. The van der Waals surface area contributed by atoms with E-state index in [1.807, 2.05) is 141 Å². The van der Waals surface area contributed by atoms with Gasteiger partial charge in [-0.2, -0.15) is 0 Å². The molecule has 0 unspecified atom stereocenters. The fraction of sp³-hybridized carbons (Fsp3) is 0.0294. The van der Waals surface area contributed by atoms with Crippen LogP contribution in [0, 0.1) is 0 Å². The second kappa shape index (κ2) is 19.7. The number of nitrogens with zero attached hydrogens (tertiary/aromatic N) is 7. The van der Waals surface area contributed by atoms with Gasteiger partial charge in [0.15, 0.2) is 34.9 Å². The third-order valence-electron chi connectivity index (χ3n) is 13.7. The van der Waals surface area contributed by atoms with Crippen LogP contribution in [0.5, 0.6) is 0 Å². The standard InChI is InChI=1S/C66H41N7O.C2H6/c1-5-17-42(18-6-1)61-67-62(43-19-7-2-8-20-43)70-65(69-61)46-31-35-51(36-32-46)73-56-29-14-13-27-53(56)54-40-47(33-37-57(54)73)48-34-38-58-55(41-48)60-52(28-16-30-59(60)74-58)49-25-15-26-50(39-49)66-71-63(44-21-9-3-10-22-44)68-64(72-66)45-23-11-4-12-24-45;1-2/h1-41H;1-2H3. The van der Waals surface area contributed by atoms with Gasteiger partial charge in [-0.1, -0.05) is 196 Å². The Labute approximate surface area is 439 Å². The SMILES string of the molecule is CC.c1ccc(-c2nc(-c3ccccc3)nc(-c3ccc(-n4c5ccccc5c5cc(-c6ccc7oc8cccc(-c9cccc(-c%10nc(-c%11ccccc%11)nc(-c%11ccccc%11)n%10)c9)c8c7c6)ccc54)cc3)n2)cc1. The van der Waals surface area contributed by atoms with Crippen LogP contribution < -0.4 is 0 Å². The first-order valence-corrected chi connectivity index (χ1v) is 25.6. The monoisotopic (exact) mass is 977 g/mol. The van der Waals surface area contributed by atoms with Gasteiger partial charge in [0.2, 0.25) is 0 Å². The van der Waals surface area contributed by atoms with Crippen LogP contribution in [0.25, 0.3) is 140 Å². The van der Waals surface area contributed by atoms with E-state index in [1.54, 1.807) is 0 Å². The van der Waals surface area contributed by atoms with Crippen LogP contribution in [0.3, 0.4) is 0 Å². The smallest absolute Gasteiger partial charge is 0.164 e. The van der Waals surface area contributed by atoms with Crippen LogP contribution >= 0.6 is 0 Å². The van der Waals surface area contributed by atoms with E-state index in [9.17, 15) is 0 Å². The van der Waals surface area contributed by atoms with Crippen molar-refractivity contribution in [3.8, 4) is 96.3 Å². The van der Waals surface area contributed by atoms with Gasteiger partial charge in [-0.25, -0.2) is 29.9 Å². The highest BCUT2D eigenvalue weighted by Crippen LogP contribution is 2.41. The van der Waals surface area contributed by atoms with Crippen LogP contribution in [0.1, 0.15) is 13.8 Å². The summed E-state index contributed by atoms with van der Waals surface area (Å²) in [5.74, 6) is 3.75. The van der Waals surface area contributed by atoms with Crippen LogP contribution in [-0.2, 0) is 0 Å². The molecule has 0 aliphatic rings. The molecule has 10 aromatic carbocycles. The van der Waals surface area contributed by atoms with Crippen LogP contribution in [0.2, 0.25) is 0 Å². The lowest BCUT2D eigenvalue weighted by Crippen LogP contribution is -2.00. The van der Waals surface area contributed by atoms with Crippen LogP contribution in [-0.4, -0.2) is 34.5 Å². The van der Waals surface area contributed by atoms with Gasteiger partial charge in [-0.05, 0) is 89.0 Å². The van der Waals surface area contributed by atoms with Gasteiger partial charge in [0, 0.05) is 60.6 Å². The molecule has 0 saturated carbocycles. The first-order valence-electron chi connectivity index (χ1n) is 25.6. The Balaban J connectivity index is 0.00000274. The molecule has 0 atom stereocenters. The first kappa shape index (κ1) is 45.7. The van der Waals surface area contributed by atoms with Gasteiger partial charge < -0.3 is 8.98 Å². The highest BCUT2D eigenvalue weighted by atomic mass is 16.3. The van der Waals surface area contributed by atoms with Crippen molar-refractivity contribution < 1.29 is 4.42 Å². The fourth-order valence-corrected chi connectivity index (χ4v) is 10.1. The summed E-state index contributed by atoms with van der Waals surface area (Å²) in [6.45, 7) is 4.00. The third kappa shape index (κ3) is 8.43. The van der Waals surface area contributed by atoms with E-state index in [0.29, 0.717) is 34.9 Å². The zero-order valence-corrected chi connectivity index (χ0v) is 41.7. The number of fused-ring (bicyclic) bond motifs is 6. The average molecular weight is 978 g/mol. The minimum Gasteiger partial charge on any atom is -0.456 e. The number of hydrogen-bond acceptors (Lipinski definition) is 7. The van der Waals surface area contributed by atoms with Gasteiger partial charge >= 0.3 is 0 Å². The normalized spacial score (nSPS) is 11.3. The summed E-state index contributed by atoms with van der Waals surface area (Å²) in [7, 11) is 0. The molecular formula is C68H47N7O. The molecule has 0 spiro atoms. The van der Waals surface area contributed by atoms with E-state index in [0.717, 1.165) is 94.3 Å². The summed E-state index contributed by atoms with van der Waals surface area (Å²) in [6.07, 6.45) is 0. The summed E-state index contributed by atoms with van der Waals surface area (Å²) in [5, 5.41) is 4.44. The summed E-state index contributed by atoms with van der Waals surface area (Å²) in [6, 6.07) is 85.5. The molecule has 4 aromatic heterocycles. The highest BCUT2D eigenvalue weighted by molar-refractivity contribution is 6.14. The minimum atomic E-state index is 0.606. The number of hydrogen-bond donors (Lipinski definition) is 0. The molecule has 0 saturated heterocycles. The Morgan fingerprint density at radius 2 is 0.684 bits per heavy atom. The quantitative estimate of drug-likeness (QED) is 0.142. The summed E-state index contributed by atoms with van der Waals surface area (Å²) >= 11 is 0. The molecule has 0 N–H and O–H groups in total. The predicted octanol–water partition coefficient (Wildman–Crippen LogP) is 17.4. The van der Waals surface area contributed by atoms with Gasteiger partial charge in [0.1, 0.15) is 11.2 Å². The molecule has 0 radical (unpaired) electrons. The zero-order chi connectivity index (χ0) is 51.0. The number of rotatable bonds is 9. The van der Waals surface area contributed by atoms with Gasteiger partial charge in [-0.15, -0.1) is 0 Å². The van der Waals surface area contributed by atoms with Crippen molar-refractivity contribution in [2.75, 3.05) is 0 Å². The number of benzene rings is 10. The molecule has 360 valence electrons. The van der Waals surface area contributed by atoms with Gasteiger partial charge in [0.05, 0.1) is 11.0 Å². The molecule has 8 nitrogen and oxygen atoms in total. The summed E-state index contributed by atoms with van der Waals surface area (Å²) in [5.41, 5.74) is 14.8. The van der Waals surface area contributed by atoms with Crippen molar-refractivity contribution in [1.29, 1.82) is 0 Å². The molecule has 0 aliphatic heterocycles. The van der Waals surface area contributed by atoms with Crippen molar-refractivity contribution in [1.82, 2.24) is 34.5 Å². The lowest BCUT2D eigenvalue weighted by Gasteiger charge is -2.11. The van der Waals surface area contributed by atoms with Crippen molar-refractivity contribution >= 4 is 43.7 Å². The topological polar surface area (TPSA) is 95.4 Å². The summed E-state index contributed by atoms with van der Waals surface area (Å²) in [4.78, 5) is 29.8. The molecule has 4 heterocycles. The van der Waals surface area contributed by atoms with Crippen molar-refractivity contribution in [2.45, 2.75) is 13.8 Å². The molecule has 0 aliphatic carbocycles. The Hall–Kier alpha value is -10.2. The average Bonchev–Trinajstić information content (AvgIpc) is 4.06. The maximum absolute atomic E-state index is 6.57. The Morgan fingerprint density at radius 1 is 0.276 bits per heavy atom. The predicted molar refractivity (Wildman–Crippen MR) is 310 cm³/mol. The lowest BCUT2D eigenvalue weighted by molar-refractivity contribution is 0.669. The van der Waals surface area contributed by atoms with E-state index < -0.39 is 0 Å². The molecule has 8 heteroatoms. The molecular weight excluding hydrogens is 931 g/mol. The largest absolute Gasteiger partial charge is 0.456 e. The lowest BCUT2D eigenvalue weighted by atomic mass is 9.96. The molecule has 0 bridgehead atoms. The van der Waals surface area contributed by atoms with Crippen LogP contribution in [0.15, 0.2) is 253 Å². The van der Waals surface area contributed by atoms with Crippen molar-refractivity contribution in [3.63, 3.8) is 0 Å². The molecule has 76 heavy (non-hydrogen) atoms.